The number of hydrogen-bond acceptors (Lipinski definition) is 5. The molecule has 2 rings (SSSR count). The van der Waals surface area contributed by atoms with Gasteiger partial charge in [-0.3, -0.25) is 14.4 Å². The fourth-order valence-electron chi connectivity index (χ4n) is 2.38. The number of benzene rings is 2. The van der Waals surface area contributed by atoms with Gasteiger partial charge in [0.05, 0.1) is 17.7 Å². The maximum absolute atomic E-state index is 12.4. The van der Waals surface area contributed by atoms with Gasteiger partial charge in [0.1, 0.15) is 12.6 Å². The highest BCUT2D eigenvalue weighted by Gasteiger charge is 2.25. The summed E-state index contributed by atoms with van der Waals surface area (Å²) in [7, 11) is 0. The fraction of sp³-hybridized carbons (Fsp3) is 0.200. The van der Waals surface area contributed by atoms with Crippen LogP contribution in [0.25, 0.3) is 0 Å². The molecule has 0 spiro atoms. The van der Waals surface area contributed by atoms with E-state index >= 15 is 0 Å². The number of carboxylic acid groups (broad SMARTS) is 1. The Bertz CT molecular complexity index is 866. The molecule has 0 unspecified atom stereocenters. The number of para-hydroxylation sites is 1. The summed E-state index contributed by atoms with van der Waals surface area (Å²) in [4.78, 5) is 47.1. The first kappa shape index (κ1) is 20.6. The highest BCUT2D eigenvalue weighted by atomic mass is 16.5. The minimum absolute atomic E-state index is 0.00528. The maximum Gasteiger partial charge on any atom is 0.326 e. The van der Waals surface area contributed by atoms with Crippen LogP contribution in [0.3, 0.4) is 0 Å². The smallest absolute Gasteiger partial charge is 0.326 e. The zero-order chi connectivity index (χ0) is 20.5. The van der Waals surface area contributed by atoms with Crippen molar-refractivity contribution in [3.05, 3.63) is 65.7 Å². The molecule has 1 atom stereocenters. The minimum Gasteiger partial charge on any atom is -0.480 e. The van der Waals surface area contributed by atoms with E-state index in [1.807, 2.05) is 6.07 Å². The van der Waals surface area contributed by atoms with E-state index in [1.165, 1.54) is 19.1 Å². The van der Waals surface area contributed by atoms with Gasteiger partial charge in [-0.05, 0) is 17.7 Å². The molecule has 8 heteroatoms. The summed E-state index contributed by atoms with van der Waals surface area (Å²) < 4.78 is 5.06. The number of rotatable bonds is 8. The summed E-state index contributed by atoms with van der Waals surface area (Å²) in [5.74, 6) is -3.24. The average molecular weight is 384 g/mol. The van der Waals surface area contributed by atoms with Crippen molar-refractivity contribution < 1.29 is 29.0 Å². The van der Waals surface area contributed by atoms with Crippen LogP contribution in [0.2, 0.25) is 0 Å². The first-order chi connectivity index (χ1) is 13.4. The Hall–Kier alpha value is -3.68. The first-order valence-electron chi connectivity index (χ1n) is 8.46. The van der Waals surface area contributed by atoms with Gasteiger partial charge in [0.25, 0.3) is 5.91 Å². The Balaban J connectivity index is 2.00. The van der Waals surface area contributed by atoms with Crippen molar-refractivity contribution in [1.82, 2.24) is 5.32 Å². The lowest BCUT2D eigenvalue weighted by Crippen LogP contribution is -2.42. The Morgan fingerprint density at radius 3 is 2.29 bits per heavy atom. The predicted octanol–water partition coefficient (Wildman–Crippen LogP) is 1.96. The van der Waals surface area contributed by atoms with Crippen molar-refractivity contribution in [3.63, 3.8) is 0 Å². The van der Waals surface area contributed by atoms with Crippen LogP contribution < -0.4 is 10.6 Å². The molecule has 8 nitrogen and oxygen atoms in total. The fourth-order valence-corrected chi connectivity index (χ4v) is 2.38. The molecular formula is C20H20N2O6. The Morgan fingerprint density at radius 1 is 1.00 bits per heavy atom. The monoisotopic (exact) mass is 384 g/mol. The van der Waals surface area contributed by atoms with Crippen molar-refractivity contribution >= 4 is 29.4 Å². The largest absolute Gasteiger partial charge is 0.480 e. The summed E-state index contributed by atoms with van der Waals surface area (Å²) in [6.07, 6.45) is -0.532. The first-order valence-corrected chi connectivity index (χ1v) is 8.46. The second-order valence-corrected chi connectivity index (χ2v) is 5.94. The van der Waals surface area contributed by atoms with Crippen LogP contribution in [-0.4, -0.2) is 34.9 Å². The average Bonchev–Trinajstić information content (AvgIpc) is 2.66. The Morgan fingerprint density at radius 2 is 1.64 bits per heavy atom. The van der Waals surface area contributed by atoms with Gasteiger partial charge in [-0.15, -0.1) is 0 Å². The van der Waals surface area contributed by atoms with Crippen LogP contribution >= 0.6 is 0 Å². The van der Waals surface area contributed by atoms with E-state index in [9.17, 15) is 24.3 Å². The predicted molar refractivity (Wildman–Crippen MR) is 100 cm³/mol. The SMILES string of the molecule is CC(=O)Nc1ccccc1C(=O)N[C@H](CC(=O)OCc1ccccc1)C(=O)O. The summed E-state index contributed by atoms with van der Waals surface area (Å²) in [5.41, 5.74) is 1.08. The van der Waals surface area contributed by atoms with E-state index < -0.39 is 30.3 Å². The number of carboxylic acids is 1. The molecule has 2 aromatic rings. The topological polar surface area (TPSA) is 122 Å². The number of anilines is 1. The summed E-state index contributed by atoms with van der Waals surface area (Å²) in [5, 5.41) is 14.1. The highest BCUT2D eigenvalue weighted by Crippen LogP contribution is 2.15. The molecule has 0 aliphatic rings. The molecule has 0 radical (unpaired) electrons. The van der Waals surface area contributed by atoms with Crippen molar-refractivity contribution in [2.45, 2.75) is 26.0 Å². The lowest BCUT2D eigenvalue weighted by molar-refractivity contribution is -0.150. The lowest BCUT2D eigenvalue weighted by atomic mass is 10.1. The van der Waals surface area contributed by atoms with Gasteiger partial charge in [0.2, 0.25) is 5.91 Å². The third kappa shape index (κ3) is 6.24. The van der Waals surface area contributed by atoms with Gasteiger partial charge in [0, 0.05) is 6.92 Å². The Kier molecular flexibility index (Phi) is 7.27. The zero-order valence-corrected chi connectivity index (χ0v) is 15.2. The second-order valence-electron chi connectivity index (χ2n) is 5.94. The summed E-state index contributed by atoms with van der Waals surface area (Å²) in [6.45, 7) is 1.29. The maximum atomic E-state index is 12.4. The Labute approximate surface area is 161 Å². The standard InChI is InChI=1S/C20H20N2O6/c1-13(23)21-16-10-6-5-9-15(16)19(25)22-17(20(26)27)11-18(24)28-12-14-7-3-2-4-8-14/h2-10,17H,11-12H2,1H3,(H,21,23)(H,22,25)(H,26,27)/t17-/m1/s1. The normalized spacial score (nSPS) is 11.2. The number of esters is 1. The molecule has 28 heavy (non-hydrogen) atoms. The van der Waals surface area contributed by atoms with Gasteiger partial charge in [-0.25, -0.2) is 4.79 Å². The molecule has 146 valence electrons. The van der Waals surface area contributed by atoms with E-state index in [2.05, 4.69) is 10.6 Å². The van der Waals surface area contributed by atoms with E-state index in [0.29, 0.717) is 0 Å². The van der Waals surface area contributed by atoms with Crippen LogP contribution in [0, 0.1) is 0 Å². The molecule has 2 amide bonds. The molecule has 3 N–H and O–H groups in total. The molecule has 0 aliphatic heterocycles. The molecule has 0 saturated carbocycles. The van der Waals surface area contributed by atoms with Crippen LogP contribution in [-0.2, 0) is 25.7 Å². The summed E-state index contributed by atoms with van der Waals surface area (Å²) >= 11 is 0. The van der Waals surface area contributed by atoms with Gasteiger partial charge >= 0.3 is 11.9 Å². The molecule has 0 fully saturated rings. The van der Waals surface area contributed by atoms with Crippen LogP contribution in [0.5, 0.6) is 0 Å². The van der Waals surface area contributed by atoms with E-state index in [4.69, 9.17) is 4.74 Å². The van der Waals surface area contributed by atoms with Gasteiger partial charge < -0.3 is 20.5 Å². The number of ether oxygens (including phenoxy) is 1. The molecule has 0 aromatic heterocycles. The van der Waals surface area contributed by atoms with Crippen molar-refractivity contribution in [3.8, 4) is 0 Å². The third-order valence-electron chi connectivity index (χ3n) is 3.70. The molecule has 2 aromatic carbocycles. The lowest BCUT2D eigenvalue weighted by Gasteiger charge is -2.16. The molecule has 0 heterocycles. The highest BCUT2D eigenvalue weighted by molar-refractivity contribution is 6.04. The second kappa shape index (κ2) is 9.86. The van der Waals surface area contributed by atoms with Gasteiger partial charge in [-0.1, -0.05) is 42.5 Å². The number of carbonyl (C=O) groups is 4. The number of hydrogen-bond donors (Lipinski definition) is 3. The van der Waals surface area contributed by atoms with Crippen LogP contribution in [0.4, 0.5) is 5.69 Å². The minimum atomic E-state index is -1.47. The zero-order valence-electron chi connectivity index (χ0n) is 15.2. The van der Waals surface area contributed by atoms with Gasteiger partial charge in [-0.2, -0.15) is 0 Å². The molecule has 0 aliphatic carbocycles. The van der Waals surface area contributed by atoms with E-state index in [0.717, 1.165) is 5.56 Å². The number of aliphatic carboxylic acids is 1. The third-order valence-corrected chi connectivity index (χ3v) is 3.70. The van der Waals surface area contributed by atoms with E-state index in [1.54, 1.807) is 36.4 Å². The van der Waals surface area contributed by atoms with Crippen LogP contribution in [0.1, 0.15) is 29.3 Å². The van der Waals surface area contributed by atoms with Crippen LogP contribution in [0.15, 0.2) is 54.6 Å². The quantitative estimate of drug-likeness (QED) is 0.598. The molecule has 0 bridgehead atoms. The van der Waals surface area contributed by atoms with Crippen molar-refractivity contribution in [1.29, 1.82) is 0 Å². The van der Waals surface area contributed by atoms with Gasteiger partial charge in [0.15, 0.2) is 0 Å². The van der Waals surface area contributed by atoms with Crippen molar-refractivity contribution in [2.75, 3.05) is 5.32 Å². The number of amides is 2. The van der Waals surface area contributed by atoms with E-state index in [-0.39, 0.29) is 23.8 Å². The molecular weight excluding hydrogens is 364 g/mol. The number of carbonyl (C=O) groups excluding carboxylic acids is 3. The number of nitrogens with one attached hydrogen (secondary N) is 2. The molecule has 0 saturated heterocycles. The van der Waals surface area contributed by atoms with Crippen molar-refractivity contribution in [2.24, 2.45) is 0 Å². The summed E-state index contributed by atoms with van der Waals surface area (Å²) in [6, 6.07) is 13.6.